The smallest absolute Gasteiger partial charge is 0.150 e. The molecule has 1 aliphatic rings. The lowest BCUT2D eigenvalue weighted by Crippen LogP contribution is -2.33. The summed E-state index contributed by atoms with van der Waals surface area (Å²) in [5.41, 5.74) is 2.51. The van der Waals surface area contributed by atoms with Crippen molar-refractivity contribution < 1.29 is 0 Å². The molecular weight excluding hydrogens is 274 g/mol. The lowest BCUT2D eigenvalue weighted by molar-refractivity contribution is 0.627. The van der Waals surface area contributed by atoms with Gasteiger partial charge in [-0.2, -0.15) is 0 Å². The van der Waals surface area contributed by atoms with Crippen molar-refractivity contribution in [3.63, 3.8) is 0 Å². The maximum atomic E-state index is 4.54. The van der Waals surface area contributed by atoms with Crippen molar-refractivity contribution in [1.29, 1.82) is 0 Å². The van der Waals surface area contributed by atoms with Crippen molar-refractivity contribution in [3.05, 3.63) is 39.7 Å². The molecule has 0 saturated heterocycles. The fourth-order valence-corrected chi connectivity index (χ4v) is 4.59. The molecule has 1 atom stereocenters. The highest BCUT2D eigenvalue weighted by Gasteiger charge is 2.27. The van der Waals surface area contributed by atoms with E-state index in [1.807, 2.05) is 11.3 Å². The monoisotopic (exact) mass is 287 g/mol. The van der Waals surface area contributed by atoms with Crippen LogP contribution in [0.2, 0.25) is 0 Å². The molecule has 0 saturated carbocycles. The summed E-state index contributed by atoms with van der Waals surface area (Å²) in [6.45, 7) is 3.31. The second-order valence-corrected chi connectivity index (χ2v) is 6.67. The van der Waals surface area contributed by atoms with E-state index in [9.17, 15) is 0 Å². The van der Waals surface area contributed by atoms with Gasteiger partial charge in [0.2, 0.25) is 0 Å². The molecule has 0 radical (unpaired) electrons. The average molecular weight is 287 g/mol. The number of thiophene rings is 2. The van der Waals surface area contributed by atoms with Gasteiger partial charge in [-0.15, -0.1) is 22.7 Å². The first kappa shape index (κ1) is 11.4. The quantitative estimate of drug-likeness (QED) is 0.680. The first-order chi connectivity index (χ1) is 9.34. The van der Waals surface area contributed by atoms with Crippen LogP contribution in [0.1, 0.15) is 23.4 Å². The molecule has 1 aliphatic heterocycles. The van der Waals surface area contributed by atoms with Gasteiger partial charge in [-0.25, -0.2) is 9.97 Å². The van der Waals surface area contributed by atoms with Gasteiger partial charge >= 0.3 is 0 Å². The Morgan fingerprint density at radius 2 is 2.11 bits per heavy atom. The van der Waals surface area contributed by atoms with Gasteiger partial charge in [0.1, 0.15) is 6.33 Å². The molecule has 5 heteroatoms. The molecule has 1 unspecified atom stereocenters. The number of hydrogen-bond donors (Lipinski definition) is 0. The van der Waals surface area contributed by atoms with Gasteiger partial charge in [-0.3, -0.25) is 0 Å². The third-order valence-electron chi connectivity index (χ3n) is 3.77. The summed E-state index contributed by atoms with van der Waals surface area (Å²) >= 11 is 3.60. The Morgan fingerprint density at radius 1 is 1.21 bits per heavy atom. The maximum Gasteiger partial charge on any atom is 0.150 e. The zero-order valence-corrected chi connectivity index (χ0v) is 12.2. The highest BCUT2D eigenvalue weighted by atomic mass is 32.1. The Hall–Kier alpha value is -1.46. The van der Waals surface area contributed by atoms with Gasteiger partial charge < -0.3 is 4.90 Å². The first-order valence-electron chi connectivity index (χ1n) is 6.35. The summed E-state index contributed by atoms with van der Waals surface area (Å²) in [6.07, 6.45) is 2.80. The van der Waals surface area contributed by atoms with Gasteiger partial charge in [-0.1, -0.05) is 0 Å². The van der Waals surface area contributed by atoms with Crippen LogP contribution in [0.5, 0.6) is 0 Å². The van der Waals surface area contributed by atoms with Crippen molar-refractivity contribution in [2.75, 3.05) is 11.4 Å². The summed E-state index contributed by atoms with van der Waals surface area (Å²) in [5.74, 6) is 1.09. The molecule has 3 nitrogen and oxygen atoms in total. The fourth-order valence-electron chi connectivity index (χ4n) is 2.78. The van der Waals surface area contributed by atoms with E-state index >= 15 is 0 Å². The van der Waals surface area contributed by atoms with Crippen LogP contribution in [0.25, 0.3) is 10.2 Å². The maximum absolute atomic E-state index is 4.54. The third kappa shape index (κ3) is 1.69. The van der Waals surface area contributed by atoms with Crippen molar-refractivity contribution in [1.82, 2.24) is 9.97 Å². The van der Waals surface area contributed by atoms with Crippen molar-refractivity contribution in [2.24, 2.45) is 0 Å². The van der Waals surface area contributed by atoms with Crippen LogP contribution in [-0.4, -0.2) is 16.5 Å². The van der Waals surface area contributed by atoms with Crippen molar-refractivity contribution in [2.45, 2.75) is 19.4 Å². The highest BCUT2D eigenvalue weighted by Crippen LogP contribution is 2.38. The fraction of sp³-hybridized carbons (Fsp3) is 0.286. The second-order valence-electron chi connectivity index (χ2n) is 4.75. The van der Waals surface area contributed by atoms with Gasteiger partial charge in [0, 0.05) is 11.4 Å². The zero-order chi connectivity index (χ0) is 12.8. The van der Waals surface area contributed by atoms with Crippen molar-refractivity contribution in [3.8, 4) is 0 Å². The summed E-state index contributed by atoms with van der Waals surface area (Å²) in [7, 11) is 0. The van der Waals surface area contributed by atoms with E-state index in [1.54, 1.807) is 17.7 Å². The Balaban J connectivity index is 1.83. The van der Waals surface area contributed by atoms with Crippen LogP contribution in [0.15, 0.2) is 29.2 Å². The predicted octanol–water partition coefficient (Wildman–Crippen LogP) is 3.88. The molecule has 0 amide bonds. The molecule has 3 aromatic heterocycles. The van der Waals surface area contributed by atoms with Gasteiger partial charge in [0.15, 0.2) is 5.82 Å². The molecule has 96 valence electrons. The van der Waals surface area contributed by atoms with E-state index in [-0.39, 0.29) is 0 Å². The van der Waals surface area contributed by atoms with Gasteiger partial charge in [-0.05, 0) is 41.8 Å². The van der Waals surface area contributed by atoms with Crippen LogP contribution in [0.3, 0.4) is 0 Å². The van der Waals surface area contributed by atoms with E-state index in [4.69, 9.17) is 0 Å². The topological polar surface area (TPSA) is 29.0 Å². The molecule has 0 fully saturated rings. The average Bonchev–Trinajstić information content (AvgIpc) is 3.07. The van der Waals surface area contributed by atoms with E-state index in [0.717, 1.165) is 24.3 Å². The molecule has 0 aromatic carbocycles. The molecule has 0 aliphatic carbocycles. The standard InChI is InChI=1S/C14H13N3S2/c1-9-10-3-6-18-12(10)2-5-17(9)14-13-11(4-7-19-13)15-8-16-14/h3-4,6-9H,2,5H2,1H3. The number of aromatic nitrogens is 2. The minimum atomic E-state index is 0.398. The van der Waals surface area contributed by atoms with Crippen LogP contribution in [0.4, 0.5) is 5.82 Å². The lowest BCUT2D eigenvalue weighted by Gasteiger charge is -2.34. The summed E-state index contributed by atoms with van der Waals surface area (Å²) in [6, 6.07) is 4.72. The summed E-state index contributed by atoms with van der Waals surface area (Å²) < 4.78 is 1.20. The third-order valence-corrected chi connectivity index (χ3v) is 5.67. The number of fused-ring (bicyclic) bond motifs is 2. The van der Waals surface area contributed by atoms with E-state index in [0.29, 0.717) is 6.04 Å². The van der Waals surface area contributed by atoms with Crippen LogP contribution in [-0.2, 0) is 6.42 Å². The molecule has 0 N–H and O–H groups in total. The molecule has 4 rings (SSSR count). The Kier molecular flexibility index (Phi) is 2.56. The molecule has 0 spiro atoms. The molecule has 19 heavy (non-hydrogen) atoms. The molecule has 4 heterocycles. The van der Waals surface area contributed by atoms with E-state index < -0.39 is 0 Å². The van der Waals surface area contributed by atoms with Crippen LogP contribution >= 0.6 is 22.7 Å². The van der Waals surface area contributed by atoms with Crippen LogP contribution in [0, 0.1) is 0 Å². The molecule has 3 aromatic rings. The number of nitrogens with zero attached hydrogens (tertiary/aromatic N) is 3. The van der Waals surface area contributed by atoms with E-state index in [1.165, 1.54) is 15.1 Å². The van der Waals surface area contributed by atoms with Gasteiger partial charge in [0.05, 0.1) is 16.3 Å². The molecule has 0 bridgehead atoms. The Labute approximate surface area is 119 Å². The number of hydrogen-bond acceptors (Lipinski definition) is 5. The molecular formula is C14H13N3S2. The lowest BCUT2D eigenvalue weighted by atomic mass is 10.0. The predicted molar refractivity (Wildman–Crippen MR) is 81.2 cm³/mol. The summed E-state index contributed by atoms with van der Waals surface area (Å²) in [4.78, 5) is 12.8. The first-order valence-corrected chi connectivity index (χ1v) is 8.11. The summed E-state index contributed by atoms with van der Waals surface area (Å²) in [5, 5.41) is 4.29. The highest BCUT2D eigenvalue weighted by molar-refractivity contribution is 7.17. The minimum absolute atomic E-state index is 0.398. The second kappa shape index (κ2) is 4.28. The largest absolute Gasteiger partial charge is 0.348 e. The minimum Gasteiger partial charge on any atom is -0.348 e. The van der Waals surface area contributed by atoms with E-state index in [2.05, 4.69) is 44.7 Å². The SMILES string of the molecule is CC1c2ccsc2CCN1c1ncnc2ccsc12. The number of anilines is 1. The Morgan fingerprint density at radius 3 is 3.05 bits per heavy atom. The van der Waals surface area contributed by atoms with Gasteiger partial charge in [0.25, 0.3) is 0 Å². The van der Waals surface area contributed by atoms with Crippen LogP contribution < -0.4 is 4.90 Å². The zero-order valence-electron chi connectivity index (χ0n) is 10.5. The van der Waals surface area contributed by atoms with Crippen molar-refractivity contribution >= 4 is 38.7 Å². The Bertz CT molecular complexity index is 731. The normalized spacial score (nSPS) is 18.8. The number of rotatable bonds is 1.